The number of amides is 1. The molecule has 0 aromatic heterocycles. The van der Waals surface area contributed by atoms with Gasteiger partial charge in [-0.25, -0.2) is 9.18 Å². The third-order valence-corrected chi connectivity index (χ3v) is 2.32. The molecule has 0 heterocycles. The van der Waals surface area contributed by atoms with Gasteiger partial charge >= 0.3 is 5.97 Å². The zero-order valence-corrected chi connectivity index (χ0v) is 9.66. The molecule has 1 unspecified atom stereocenters. The van der Waals surface area contributed by atoms with Crippen LogP contribution in [0.1, 0.15) is 29.3 Å². The van der Waals surface area contributed by atoms with Crippen molar-refractivity contribution in [2.45, 2.75) is 26.3 Å². The van der Waals surface area contributed by atoms with Gasteiger partial charge in [0.25, 0.3) is 5.91 Å². The summed E-state index contributed by atoms with van der Waals surface area (Å²) in [6.07, 6.45) is 0.273. The largest absolute Gasteiger partial charge is 0.480 e. The summed E-state index contributed by atoms with van der Waals surface area (Å²) in [5.74, 6) is -2.20. The molecule has 0 bridgehead atoms. The van der Waals surface area contributed by atoms with Gasteiger partial charge in [-0.05, 0) is 37.1 Å². The molecule has 92 valence electrons. The van der Waals surface area contributed by atoms with Crippen molar-refractivity contribution in [2.24, 2.45) is 0 Å². The molecule has 0 aliphatic heterocycles. The number of carboxylic acids is 1. The maximum atomic E-state index is 13.1. The molecule has 1 amide bonds. The van der Waals surface area contributed by atoms with E-state index in [-0.39, 0.29) is 12.0 Å². The zero-order valence-electron chi connectivity index (χ0n) is 9.66. The number of nitrogens with one attached hydrogen (secondary N) is 1. The molecular formula is C12H14FNO3. The lowest BCUT2D eigenvalue weighted by Gasteiger charge is -2.12. The van der Waals surface area contributed by atoms with Crippen molar-refractivity contribution < 1.29 is 19.1 Å². The molecule has 0 aliphatic rings. The maximum absolute atomic E-state index is 13.1. The number of aliphatic carboxylic acids is 1. The second kappa shape index (κ2) is 5.43. The number of carbonyl (C=O) groups is 2. The van der Waals surface area contributed by atoms with E-state index in [0.717, 1.165) is 6.07 Å². The fraction of sp³-hybridized carbons (Fsp3) is 0.333. The van der Waals surface area contributed by atoms with Gasteiger partial charge in [-0.2, -0.15) is 0 Å². The Morgan fingerprint density at radius 2 is 2.06 bits per heavy atom. The lowest BCUT2D eigenvalue weighted by molar-refractivity contribution is -0.139. The van der Waals surface area contributed by atoms with Crippen molar-refractivity contribution >= 4 is 11.9 Å². The van der Waals surface area contributed by atoms with Crippen LogP contribution in [0, 0.1) is 12.7 Å². The molecule has 17 heavy (non-hydrogen) atoms. The first kappa shape index (κ1) is 13.2. The van der Waals surface area contributed by atoms with Gasteiger partial charge in [-0.3, -0.25) is 4.79 Å². The molecule has 0 saturated heterocycles. The first-order chi connectivity index (χ1) is 7.93. The number of carbonyl (C=O) groups excluding carboxylic acids is 1. The van der Waals surface area contributed by atoms with E-state index in [9.17, 15) is 14.0 Å². The predicted octanol–water partition coefficient (Wildman–Crippen LogP) is 1.73. The molecule has 1 aromatic rings. The molecular weight excluding hydrogens is 225 g/mol. The van der Waals surface area contributed by atoms with Crippen molar-refractivity contribution in [1.82, 2.24) is 5.32 Å². The number of carboxylic acid groups (broad SMARTS) is 1. The molecule has 0 radical (unpaired) electrons. The van der Waals surface area contributed by atoms with Gasteiger partial charge in [0.1, 0.15) is 11.9 Å². The van der Waals surface area contributed by atoms with E-state index < -0.39 is 23.7 Å². The van der Waals surface area contributed by atoms with Crippen molar-refractivity contribution in [3.63, 3.8) is 0 Å². The molecule has 4 nitrogen and oxygen atoms in total. The normalized spacial score (nSPS) is 11.9. The van der Waals surface area contributed by atoms with Crippen LogP contribution >= 0.6 is 0 Å². The van der Waals surface area contributed by atoms with Crippen molar-refractivity contribution in [1.29, 1.82) is 0 Å². The average molecular weight is 239 g/mol. The van der Waals surface area contributed by atoms with E-state index in [1.54, 1.807) is 13.8 Å². The summed E-state index contributed by atoms with van der Waals surface area (Å²) in [6, 6.07) is 2.93. The van der Waals surface area contributed by atoms with Crippen LogP contribution in [0.15, 0.2) is 18.2 Å². The second-order valence-electron chi connectivity index (χ2n) is 3.79. The minimum absolute atomic E-state index is 0.127. The monoisotopic (exact) mass is 239 g/mol. The Morgan fingerprint density at radius 3 is 2.53 bits per heavy atom. The second-order valence-corrected chi connectivity index (χ2v) is 3.79. The SMILES string of the molecule is CCC(NC(=O)c1cc(C)cc(F)c1)C(=O)O. The highest BCUT2D eigenvalue weighted by atomic mass is 19.1. The predicted molar refractivity (Wildman–Crippen MR) is 60.3 cm³/mol. The first-order valence-electron chi connectivity index (χ1n) is 5.25. The topological polar surface area (TPSA) is 66.4 Å². The summed E-state index contributed by atoms with van der Waals surface area (Å²) in [6.45, 7) is 3.31. The van der Waals surface area contributed by atoms with Crippen LogP contribution in [0.4, 0.5) is 4.39 Å². The number of benzene rings is 1. The van der Waals surface area contributed by atoms with Crippen molar-refractivity contribution in [2.75, 3.05) is 0 Å². The van der Waals surface area contributed by atoms with Crippen LogP contribution in [-0.2, 0) is 4.79 Å². The summed E-state index contributed by atoms with van der Waals surface area (Å²) in [4.78, 5) is 22.4. The smallest absolute Gasteiger partial charge is 0.326 e. The first-order valence-corrected chi connectivity index (χ1v) is 5.25. The molecule has 2 N–H and O–H groups in total. The molecule has 0 fully saturated rings. The molecule has 1 rings (SSSR count). The van der Waals surface area contributed by atoms with Gasteiger partial charge in [0.15, 0.2) is 0 Å². The van der Waals surface area contributed by atoms with Crippen molar-refractivity contribution in [3.05, 3.63) is 35.1 Å². The minimum atomic E-state index is -1.10. The molecule has 5 heteroatoms. The molecule has 1 atom stereocenters. The van der Waals surface area contributed by atoms with Gasteiger partial charge in [-0.1, -0.05) is 6.92 Å². The summed E-state index contributed by atoms with van der Waals surface area (Å²) in [7, 11) is 0. The zero-order chi connectivity index (χ0) is 13.0. The summed E-state index contributed by atoms with van der Waals surface area (Å²) in [5.41, 5.74) is 0.737. The van der Waals surface area contributed by atoms with Gasteiger partial charge in [0.2, 0.25) is 0 Å². The number of aryl methyl sites for hydroxylation is 1. The van der Waals surface area contributed by atoms with E-state index in [2.05, 4.69) is 5.32 Å². The van der Waals surface area contributed by atoms with Crippen LogP contribution in [0.25, 0.3) is 0 Å². The lowest BCUT2D eigenvalue weighted by Crippen LogP contribution is -2.40. The number of hydrogen-bond acceptors (Lipinski definition) is 2. The van der Waals surface area contributed by atoms with E-state index in [1.165, 1.54) is 12.1 Å². The summed E-state index contributed by atoms with van der Waals surface area (Å²) >= 11 is 0. The molecule has 0 spiro atoms. The Kier molecular flexibility index (Phi) is 4.20. The molecule has 0 saturated carbocycles. The van der Waals surface area contributed by atoms with E-state index >= 15 is 0 Å². The van der Waals surface area contributed by atoms with Crippen LogP contribution in [-0.4, -0.2) is 23.0 Å². The number of hydrogen-bond donors (Lipinski definition) is 2. The Labute approximate surface area is 98.5 Å². The summed E-state index contributed by atoms with van der Waals surface area (Å²) < 4.78 is 13.1. The van der Waals surface area contributed by atoms with Crippen LogP contribution < -0.4 is 5.32 Å². The molecule has 0 aliphatic carbocycles. The molecule has 1 aromatic carbocycles. The van der Waals surface area contributed by atoms with Crippen LogP contribution in [0.2, 0.25) is 0 Å². The Balaban J connectivity index is 2.86. The Morgan fingerprint density at radius 1 is 1.41 bits per heavy atom. The fourth-order valence-corrected chi connectivity index (χ4v) is 1.45. The van der Waals surface area contributed by atoms with Crippen molar-refractivity contribution in [3.8, 4) is 0 Å². The van der Waals surface area contributed by atoms with Gasteiger partial charge < -0.3 is 10.4 Å². The fourth-order valence-electron chi connectivity index (χ4n) is 1.45. The summed E-state index contributed by atoms with van der Waals surface area (Å²) in [5, 5.41) is 11.1. The van der Waals surface area contributed by atoms with Gasteiger partial charge in [0.05, 0.1) is 0 Å². The Bertz CT molecular complexity index is 425. The van der Waals surface area contributed by atoms with Gasteiger partial charge in [-0.15, -0.1) is 0 Å². The minimum Gasteiger partial charge on any atom is -0.480 e. The highest BCUT2D eigenvalue weighted by Gasteiger charge is 2.18. The number of halogens is 1. The quantitative estimate of drug-likeness (QED) is 0.840. The lowest BCUT2D eigenvalue weighted by atomic mass is 10.1. The van der Waals surface area contributed by atoms with E-state index in [4.69, 9.17) is 5.11 Å². The number of rotatable bonds is 4. The maximum Gasteiger partial charge on any atom is 0.326 e. The average Bonchev–Trinajstić information content (AvgIpc) is 2.23. The standard InChI is InChI=1S/C12H14FNO3/c1-3-10(12(16)17)14-11(15)8-4-7(2)5-9(13)6-8/h4-6,10H,3H2,1-2H3,(H,14,15)(H,16,17). The van der Waals surface area contributed by atoms with E-state index in [1.807, 2.05) is 0 Å². The highest BCUT2D eigenvalue weighted by molar-refractivity contribution is 5.96. The third kappa shape index (κ3) is 3.55. The van der Waals surface area contributed by atoms with Crippen LogP contribution in [0.3, 0.4) is 0 Å². The highest BCUT2D eigenvalue weighted by Crippen LogP contribution is 2.08. The Hall–Kier alpha value is -1.91. The third-order valence-electron chi connectivity index (χ3n) is 2.32. The van der Waals surface area contributed by atoms with E-state index in [0.29, 0.717) is 5.56 Å². The van der Waals surface area contributed by atoms with Crippen LogP contribution in [0.5, 0.6) is 0 Å². The van der Waals surface area contributed by atoms with Gasteiger partial charge in [0, 0.05) is 5.56 Å².